The van der Waals surface area contributed by atoms with Gasteiger partial charge in [-0.15, -0.1) is 0 Å². The standard InChI is InChI=1S/C17H27N3O3/c1-17(2)15(22)19(16(23)18-17)11-5-8-14(21)20(13-9-10-13)12-6-3-4-7-12/h12-13H,3-11H2,1-2H3,(H,18,23). The van der Waals surface area contributed by atoms with E-state index in [1.807, 2.05) is 0 Å². The van der Waals surface area contributed by atoms with Gasteiger partial charge in [-0.3, -0.25) is 14.5 Å². The zero-order valence-corrected chi connectivity index (χ0v) is 14.1. The second kappa shape index (κ2) is 6.13. The van der Waals surface area contributed by atoms with Crippen molar-refractivity contribution in [3.8, 4) is 0 Å². The molecule has 3 aliphatic rings. The maximum absolute atomic E-state index is 12.6. The molecule has 3 fully saturated rings. The zero-order chi connectivity index (χ0) is 16.6. The topological polar surface area (TPSA) is 69.7 Å². The van der Waals surface area contributed by atoms with Crippen molar-refractivity contribution in [1.29, 1.82) is 0 Å². The number of amides is 4. The lowest BCUT2D eigenvalue weighted by atomic mass is 10.1. The summed E-state index contributed by atoms with van der Waals surface area (Å²) in [5.74, 6) is -0.00416. The van der Waals surface area contributed by atoms with Crippen LogP contribution in [0.5, 0.6) is 0 Å². The maximum atomic E-state index is 12.6. The average Bonchev–Trinajstić information content (AvgIpc) is 3.11. The lowest BCUT2D eigenvalue weighted by Gasteiger charge is -2.29. The quantitative estimate of drug-likeness (QED) is 0.761. The Labute approximate surface area is 137 Å². The van der Waals surface area contributed by atoms with Gasteiger partial charge in [0, 0.05) is 25.0 Å². The Morgan fingerprint density at radius 1 is 1.17 bits per heavy atom. The number of carbonyl (C=O) groups is 3. The van der Waals surface area contributed by atoms with Crippen molar-refractivity contribution in [2.24, 2.45) is 0 Å². The summed E-state index contributed by atoms with van der Waals surface area (Å²) in [5.41, 5.74) is -0.828. The van der Waals surface area contributed by atoms with Gasteiger partial charge in [-0.1, -0.05) is 12.8 Å². The van der Waals surface area contributed by atoms with E-state index < -0.39 is 5.54 Å². The van der Waals surface area contributed by atoms with Crippen LogP contribution in [-0.2, 0) is 9.59 Å². The van der Waals surface area contributed by atoms with Gasteiger partial charge in [0.1, 0.15) is 5.54 Å². The summed E-state index contributed by atoms with van der Waals surface area (Å²) in [6.45, 7) is 3.73. The molecule has 0 aromatic carbocycles. The molecule has 1 heterocycles. The Morgan fingerprint density at radius 3 is 2.30 bits per heavy atom. The lowest BCUT2D eigenvalue weighted by Crippen LogP contribution is -2.41. The number of nitrogens with one attached hydrogen (secondary N) is 1. The van der Waals surface area contributed by atoms with E-state index in [0.717, 1.165) is 25.7 Å². The van der Waals surface area contributed by atoms with E-state index in [2.05, 4.69) is 10.2 Å². The first kappa shape index (κ1) is 16.3. The predicted octanol–water partition coefficient (Wildman–Crippen LogP) is 2.03. The third-order valence-corrected chi connectivity index (χ3v) is 5.16. The number of carbonyl (C=O) groups excluding carboxylic acids is 3. The summed E-state index contributed by atoms with van der Waals surface area (Å²) >= 11 is 0. The van der Waals surface area contributed by atoms with E-state index in [-0.39, 0.29) is 17.8 Å². The Hall–Kier alpha value is -1.59. The normalized spacial score (nSPS) is 24.2. The van der Waals surface area contributed by atoms with E-state index in [1.165, 1.54) is 17.7 Å². The highest BCUT2D eigenvalue weighted by atomic mass is 16.2. The Kier molecular flexibility index (Phi) is 4.34. The molecular formula is C17H27N3O3. The fourth-order valence-electron chi connectivity index (χ4n) is 3.78. The van der Waals surface area contributed by atoms with Crippen molar-refractivity contribution in [1.82, 2.24) is 15.1 Å². The fourth-order valence-corrected chi connectivity index (χ4v) is 3.78. The van der Waals surface area contributed by atoms with Crippen molar-refractivity contribution < 1.29 is 14.4 Å². The van der Waals surface area contributed by atoms with Crippen molar-refractivity contribution >= 4 is 17.8 Å². The molecule has 0 atom stereocenters. The van der Waals surface area contributed by atoms with Crippen LogP contribution >= 0.6 is 0 Å². The number of urea groups is 1. The van der Waals surface area contributed by atoms with Crippen molar-refractivity contribution in [3.05, 3.63) is 0 Å². The molecule has 1 N–H and O–H groups in total. The third-order valence-electron chi connectivity index (χ3n) is 5.16. The Morgan fingerprint density at radius 2 is 1.78 bits per heavy atom. The van der Waals surface area contributed by atoms with Crippen LogP contribution in [0.3, 0.4) is 0 Å². The van der Waals surface area contributed by atoms with Crippen LogP contribution < -0.4 is 5.32 Å². The summed E-state index contributed by atoms with van der Waals surface area (Å²) < 4.78 is 0. The highest BCUT2D eigenvalue weighted by molar-refractivity contribution is 6.06. The van der Waals surface area contributed by atoms with Gasteiger partial charge in [0.25, 0.3) is 5.91 Å². The number of imide groups is 1. The van der Waals surface area contributed by atoms with Crippen molar-refractivity contribution in [2.75, 3.05) is 6.54 Å². The largest absolute Gasteiger partial charge is 0.337 e. The Balaban J connectivity index is 1.50. The van der Waals surface area contributed by atoms with Crippen molar-refractivity contribution in [3.63, 3.8) is 0 Å². The SMILES string of the molecule is CC1(C)NC(=O)N(CCCC(=O)N(C2CCCC2)C2CC2)C1=O. The maximum Gasteiger partial charge on any atom is 0.325 e. The first-order valence-corrected chi connectivity index (χ1v) is 8.85. The number of hydrogen-bond donors (Lipinski definition) is 1. The van der Waals surface area contributed by atoms with Crippen LogP contribution in [0.15, 0.2) is 0 Å². The Bertz CT molecular complexity index is 507. The van der Waals surface area contributed by atoms with Crippen LogP contribution in [0.2, 0.25) is 0 Å². The lowest BCUT2D eigenvalue weighted by molar-refractivity contribution is -0.135. The molecule has 1 saturated heterocycles. The molecule has 0 aromatic rings. The van der Waals surface area contributed by atoms with Gasteiger partial charge in [-0.25, -0.2) is 4.79 Å². The van der Waals surface area contributed by atoms with Gasteiger partial charge in [0.15, 0.2) is 0 Å². The van der Waals surface area contributed by atoms with E-state index >= 15 is 0 Å². The molecule has 0 radical (unpaired) electrons. The number of hydrogen-bond acceptors (Lipinski definition) is 3. The molecule has 0 bridgehead atoms. The van der Waals surface area contributed by atoms with E-state index in [9.17, 15) is 14.4 Å². The molecule has 0 aromatic heterocycles. The minimum absolute atomic E-state index is 0.200. The summed E-state index contributed by atoms with van der Waals surface area (Å²) in [5, 5.41) is 2.67. The van der Waals surface area contributed by atoms with Gasteiger partial charge in [-0.05, 0) is 46.0 Å². The summed E-state index contributed by atoms with van der Waals surface area (Å²) in [6.07, 6.45) is 7.92. The van der Waals surface area contributed by atoms with Gasteiger partial charge in [0.05, 0.1) is 0 Å². The minimum atomic E-state index is -0.828. The first-order valence-electron chi connectivity index (χ1n) is 8.85. The molecule has 128 valence electrons. The minimum Gasteiger partial charge on any atom is -0.337 e. The molecule has 2 aliphatic carbocycles. The molecule has 0 unspecified atom stereocenters. The summed E-state index contributed by atoms with van der Waals surface area (Å²) in [4.78, 5) is 39.9. The van der Waals surface area contributed by atoms with Crippen molar-refractivity contribution in [2.45, 2.75) is 82.8 Å². The van der Waals surface area contributed by atoms with Gasteiger partial charge < -0.3 is 10.2 Å². The zero-order valence-electron chi connectivity index (χ0n) is 14.1. The molecule has 6 nitrogen and oxygen atoms in total. The monoisotopic (exact) mass is 321 g/mol. The summed E-state index contributed by atoms with van der Waals surface area (Å²) in [7, 11) is 0. The third kappa shape index (κ3) is 3.35. The van der Waals surface area contributed by atoms with E-state index in [0.29, 0.717) is 31.5 Å². The van der Waals surface area contributed by atoms with Crippen LogP contribution in [0.1, 0.15) is 65.2 Å². The van der Waals surface area contributed by atoms with Crippen LogP contribution in [0, 0.1) is 0 Å². The molecule has 6 heteroatoms. The van der Waals surface area contributed by atoms with E-state index in [4.69, 9.17) is 0 Å². The fraction of sp³-hybridized carbons (Fsp3) is 0.824. The van der Waals surface area contributed by atoms with Crippen LogP contribution in [0.4, 0.5) is 4.79 Å². The van der Waals surface area contributed by atoms with Gasteiger partial charge in [0.2, 0.25) is 5.91 Å². The molecule has 2 saturated carbocycles. The predicted molar refractivity (Wildman–Crippen MR) is 85.7 cm³/mol. The molecule has 1 aliphatic heterocycles. The average molecular weight is 321 g/mol. The highest BCUT2D eigenvalue weighted by Gasteiger charge is 2.44. The second-order valence-corrected chi connectivity index (χ2v) is 7.59. The van der Waals surface area contributed by atoms with Crippen LogP contribution in [0.25, 0.3) is 0 Å². The van der Waals surface area contributed by atoms with E-state index in [1.54, 1.807) is 13.8 Å². The second-order valence-electron chi connectivity index (χ2n) is 7.59. The number of nitrogens with zero attached hydrogens (tertiary/aromatic N) is 2. The molecular weight excluding hydrogens is 294 g/mol. The highest BCUT2D eigenvalue weighted by Crippen LogP contribution is 2.35. The smallest absolute Gasteiger partial charge is 0.325 e. The molecule has 3 rings (SSSR count). The molecule has 4 amide bonds. The first-order chi connectivity index (χ1) is 10.9. The molecule has 23 heavy (non-hydrogen) atoms. The number of rotatable bonds is 6. The van der Waals surface area contributed by atoms with Crippen LogP contribution in [-0.4, -0.2) is 51.8 Å². The summed E-state index contributed by atoms with van der Waals surface area (Å²) in [6, 6.07) is 0.522. The van der Waals surface area contributed by atoms with Gasteiger partial charge >= 0.3 is 6.03 Å². The molecule has 0 spiro atoms. The van der Waals surface area contributed by atoms with Gasteiger partial charge in [-0.2, -0.15) is 0 Å².